The number of urea groups is 1. The zero-order valence-corrected chi connectivity index (χ0v) is 14.6. The second-order valence-corrected chi connectivity index (χ2v) is 6.76. The quantitative estimate of drug-likeness (QED) is 0.509. The summed E-state index contributed by atoms with van der Waals surface area (Å²) in [4.78, 5) is 22.5. The molecule has 1 aromatic rings. The predicted octanol–water partition coefficient (Wildman–Crippen LogP) is 0.714. The molecule has 10 heteroatoms. The van der Waals surface area contributed by atoms with E-state index in [1.165, 1.54) is 20.1 Å². The number of hydrogen-bond acceptors (Lipinski definition) is 5. The van der Waals surface area contributed by atoms with Crippen molar-refractivity contribution < 1.29 is 22.7 Å². The average molecular weight is 358 g/mol. The molecule has 0 radical (unpaired) electrons. The van der Waals surface area contributed by atoms with E-state index in [0.717, 1.165) is 6.26 Å². The second-order valence-electron chi connectivity index (χ2n) is 5.01. The van der Waals surface area contributed by atoms with Gasteiger partial charge in [0, 0.05) is 25.7 Å². The molecule has 0 saturated heterocycles. The molecule has 0 aliphatic carbocycles. The summed E-state index contributed by atoms with van der Waals surface area (Å²) in [7, 11) is -2.06. The zero-order chi connectivity index (χ0) is 18.2. The molecular weight excluding hydrogens is 336 g/mol. The van der Waals surface area contributed by atoms with Crippen LogP contribution in [-0.2, 0) is 14.8 Å². The smallest absolute Gasteiger partial charge is 0.319 e. The van der Waals surface area contributed by atoms with Gasteiger partial charge >= 0.3 is 6.03 Å². The fourth-order valence-electron chi connectivity index (χ4n) is 1.80. The van der Waals surface area contributed by atoms with Crippen molar-refractivity contribution in [2.24, 2.45) is 0 Å². The number of methoxy groups -OCH3 is 1. The summed E-state index contributed by atoms with van der Waals surface area (Å²) in [6, 6.07) is 4.15. The summed E-state index contributed by atoms with van der Waals surface area (Å²) in [6.07, 6.45) is 1.62. The van der Waals surface area contributed by atoms with Crippen molar-refractivity contribution in [3.63, 3.8) is 0 Å². The fraction of sp³-hybridized carbons (Fsp3) is 0.429. The van der Waals surface area contributed by atoms with E-state index in [0.29, 0.717) is 30.9 Å². The van der Waals surface area contributed by atoms with Gasteiger partial charge in [-0.2, -0.15) is 0 Å². The van der Waals surface area contributed by atoms with Gasteiger partial charge in [-0.15, -0.1) is 0 Å². The van der Waals surface area contributed by atoms with Gasteiger partial charge < -0.3 is 20.7 Å². The van der Waals surface area contributed by atoms with Crippen LogP contribution in [0, 0.1) is 0 Å². The molecule has 0 spiro atoms. The number of sulfonamides is 1. The lowest BCUT2D eigenvalue weighted by molar-refractivity contribution is -0.118. The summed E-state index contributed by atoms with van der Waals surface area (Å²) < 4.78 is 30.1. The lowest BCUT2D eigenvalue weighted by Crippen LogP contribution is -2.32. The van der Waals surface area contributed by atoms with Crippen molar-refractivity contribution in [3.8, 4) is 5.75 Å². The zero-order valence-electron chi connectivity index (χ0n) is 13.8. The normalized spacial score (nSPS) is 10.6. The van der Waals surface area contributed by atoms with Gasteiger partial charge in [-0.25, -0.2) is 13.2 Å². The highest BCUT2D eigenvalue weighted by Crippen LogP contribution is 2.28. The first-order chi connectivity index (χ1) is 11.2. The molecular formula is C14H22N4O5S. The Bertz CT molecular complexity index is 690. The van der Waals surface area contributed by atoms with E-state index in [9.17, 15) is 18.0 Å². The van der Waals surface area contributed by atoms with Gasteiger partial charge in [0.1, 0.15) is 5.75 Å². The van der Waals surface area contributed by atoms with E-state index >= 15 is 0 Å². The predicted molar refractivity (Wildman–Crippen MR) is 91.8 cm³/mol. The molecule has 0 aromatic heterocycles. The first kappa shape index (κ1) is 19.6. The van der Waals surface area contributed by atoms with Crippen LogP contribution in [0.2, 0.25) is 0 Å². The number of benzene rings is 1. The summed E-state index contributed by atoms with van der Waals surface area (Å²) >= 11 is 0. The topological polar surface area (TPSA) is 126 Å². The maximum atomic E-state index is 11.8. The highest BCUT2D eigenvalue weighted by atomic mass is 32.2. The van der Waals surface area contributed by atoms with Gasteiger partial charge in [-0.1, -0.05) is 0 Å². The Morgan fingerprint density at radius 1 is 1.17 bits per heavy atom. The van der Waals surface area contributed by atoms with Crippen molar-refractivity contribution in [1.29, 1.82) is 0 Å². The number of carbonyl (C=O) groups is 2. The number of rotatable bonds is 8. The van der Waals surface area contributed by atoms with Gasteiger partial charge in [0.2, 0.25) is 15.9 Å². The molecule has 0 bridgehead atoms. The first-order valence-electron chi connectivity index (χ1n) is 7.16. The summed E-state index contributed by atoms with van der Waals surface area (Å²) in [5.41, 5.74) is 0.629. The molecule has 0 saturated carbocycles. The van der Waals surface area contributed by atoms with E-state index in [2.05, 4.69) is 20.7 Å². The van der Waals surface area contributed by atoms with Crippen molar-refractivity contribution in [2.75, 3.05) is 36.5 Å². The van der Waals surface area contributed by atoms with Gasteiger partial charge in [0.15, 0.2) is 0 Å². The van der Waals surface area contributed by atoms with E-state index in [1.54, 1.807) is 12.1 Å². The average Bonchev–Trinajstić information content (AvgIpc) is 2.45. The van der Waals surface area contributed by atoms with Gasteiger partial charge in [0.25, 0.3) is 0 Å². The molecule has 0 atom stereocenters. The van der Waals surface area contributed by atoms with Crippen LogP contribution in [0.1, 0.15) is 13.3 Å². The van der Waals surface area contributed by atoms with E-state index < -0.39 is 16.1 Å². The van der Waals surface area contributed by atoms with E-state index in [4.69, 9.17) is 4.74 Å². The van der Waals surface area contributed by atoms with Gasteiger partial charge in [-0.3, -0.25) is 9.52 Å². The maximum Gasteiger partial charge on any atom is 0.319 e. The second kappa shape index (κ2) is 8.96. The lowest BCUT2D eigenvalue weighted by Gasteiger charge is -2.13. The molecule has 134 valence electrons. The van der Waals surface area contributed by atoms with Crippen LogP contribution in [0.15, 0.2) is 18.2 Å². The van der Waals surface area contributed by atoms with Gasteiger partial charge in [-0.05, 0) is 24.6 Å². The molecule has 4 N–H and O–H groups in total. The van der Waals surface area contributed by atoms with Crippen LogP contribution in [0.5, 0.6) is 5.75 Å². The minimum atomic E-state index is -3.48. The van der Waals surface area contributed by atoms with Crippen molar-refractivity contribution in [1.82, 2.24) is 10.6 Å². The highest BCUT2D eigenvalue weighted by Gasteiger charge is 2.10. The van der Waals surface area contributed by atoms with Crippen LogP contribution in [0.25, 0.3) is 0 Å². The summed E-state index contributed by atoms with van der Waals surface area (Å²) in [6.45, 7) is 2.28. The number of nitrogens with one attached hydrogen (secondary N) is 4. The number of hydrogen-bond donors (Lipinski definition) is 4. The molecule has 0 heterocycles. The van der Waals surface area contributed by atoms with Crippen LogP contribution in [0.3, 0.4) is 0 Å². The monoisotopic (exact) mass is 358 g/mol. The first-order valence-corrected chi connectivity index (χ1v) is 9.05. The Hall–Kier alpha value is -2.49. The van der Waals surface area contributed by atoms with Crippen LogP contribution in [-0.4, -0.2) is 46.8 Å². The van der Waals surface area contributed by atoms with Crippen LogP contribution < -0.4 is 25.4 Å². The van der Waals surface area contributed by atoms with Crippen molar-refractivity contribution in [2.45, 2.75) is 13.3 Å². The third-order valence-corrected chi connectivity index (χ3v) is 3.36. The maximum absolute atomic E-state index is 11.8. The SMILES string of the molecule is COc1ccc(NC(=O)NCCCNC(C)=O)cc1NS(C)(=O)=O. The molecule has 0 unspecified atom stereocenters. The molecule has 3 amide bonds. The Morgan fingerprint density at radius 2 is 1.83 bits per heavy atom. The van der Waals surface area contributed by atoms with Crippen molar-refractivity contribution >= 4 is 33.3 Å². The Balaban J connectivity index is 2.59. The third-order valence-electron chi connectivity index (χ3n) is 2.77. The Kier molecular flexibility index (Phi) is 7.31. The minimum Gasteiger partial charge on any atom is -0.495 e. The van der Waals surface area contributed by atoms with Gasteiger partial charge in [0.05, 0.1) is 19.1 Å². The van der Waals surface area contributed by atoms with Crippen LogP contribution >= 0.6 is 0 Å². The number of amides is 3. The third kappa shape index (κ3) is 7.68. The van der Waals surface area contributed by atoms with E-state index in [1.807, 2.05) is 0 Å². The Labute approximate surface area is 141 Å². The molecule has 24 heavy (non-hydrogen) atoms. The summed E-state index contributed by atoms with van der Waals surface area (Å²) in [5, 5.41) is 7.84. The van der Waals surface area contributed by atoms with E-state index in [-0.39, 0.29) is 11.6 Å². The van der Waals surface area contributed by atoms with Crippen molar-refractivity contribution in [3.05, 3.63) is 18.2 Å². The summed E-state index contributed by atoms with van der Waals surface area (Å²) in [5.74, 6) is 0.213. The molecule has 1 rings (SSSR count). The molecule has 0 aliphatic rings. The Morgan fingerprint density at radius 3 is 2.42 bits per heavy atom. The molecule has 1 aromatic carbocycles. The van der Waals surface area contributed by atoms with Crippen LogP contribution in [0.4, 0.5) is 16.2 Å². The number of anilines is 2. The molecule has 0 fully saturated rings. The standard InChI is InChI=1S/C14H22N4O5S/c1-10(19)15-7-4-8-16-14(20)17-11-5-6-13(23-2)12(9-11)18-24(3,21)22/h5-6,9,18H,4,7-8H2,1-3H3,(H,15,19)(H2,16,17,20). The minimum absolute atomic E-state index is 0.122. The highest BCUT2D eigenvalue weighted by molar-refractivity contribution is 7.92. The number of carbonyl (C=O) groups excluding carboxylic acids is 2. The molecule has 9 nitrogen and oxygen atoms in total. The number of ether oxygens (including phenoxy) is 1. The largest absolute Gasteiger partial charge is 0.495 e. The molecule has 0 aliphatic heterocycles. The lowest BCUT2D eigenvalue weighted by atomic mass is 10.2. The fourth-order valence-corrected chi connectivity index (χ4v) is 2.35.